The van der Waals surface area contributed by atoms with Gasteiger partial charge in [-0.1, -0.05) is 5.57 Å². The Bertz CT molecular complexity index is 751. The summed E-state index contributed by atoms with van der Waals surface area (Å²) in [5, 5.41) is 7.66. The summed E-state index contributed by atoms with van der Waals surface area (Å²) in [6, 6.07) is 3.80. The number of carbonyl (C=O) groups excluding carboxylic acids is 1. The highest BCUT2D eigenvalue weighted by molar-refractivity contribution is 5.95. The number of allylic oxidation sites excluding steroid dienone is 1. The lowest BCUT2D eigenvalue weighted by atomic mass is 9.85. The molecule has 4 rings (SSSR count). The Balaban J connectivity index is 1.79. The van der Waals surface area contributed by atoms with Crippen molar-refractivity contribution < 1.29 is 9.21 Å². The average molecular weight is 297 g/mol. The van der Waals surface area contributed by atoms with Crippen molar-refractivity contribution >= 4 is 17.8 Å². The van der Waals surface area contributed by atoms with Crippen molar-refractivity contribution in [1.29, 1.82) is 0 Å². The zero-order valence-electron chi connectivity index (χ0n) is 12.8. The van der Waals surface area contributed by atoms with E-state index in [0.29, 0.717) is 12.3 Å². The van der Waals surface area contributed by atoms with E-state index in [4.69, 9.17) is 4.42 Å². The van der Waals surface area contributed by atoms with Crippen molar-refractivity contribution in [3.8, 4) is 0 Å². The molecule has 1 saturated carbocycles. The number of aromatic nitrogens is 2. The number of rotatable bonds is 3. The first kappa shape index (κ1) is 13.4. The summed E-state index contributed by atoms with van der Waals surface area (Å²) in [6.07, 6.45) is 6.56. The molecule has 0 saturated heterocycles. The molecule has 5 heteroatoms. The third-order valence-electron chi connectivity index (χ3n) is 4.54. The van der Waals surface area contributed by atoms with Crippen LogP contribution in [0.25, 0.3) is 6.08 Å². The molecular weight excluding hydrogens is 278 g/mol. The lowest BCUT2D eigenvalue weighted by Crippen LogP contribution is -2.24. The highest BCUT2D eigenvalue weighted by atomic mass is 16.3. The number of aryl methyl sites for hydroxylation is 1. The second kappa shape index (κ2) is 4.87. The van der Waals surface area contributed by atoms with Gasteiger partial charge in [0.2, 0.25) is 5.91 Å². The van der Waals surface area contributed by atoms with Crippen LogP contribution in [0.5, 0.6) is 0 Å². The largest absolute Gasteiger partial charge is 0.465 e. The Morgan fingerprint density at radius 1 is 1.50 bits per heavy atom. The first-order valence-corrected chi connectivity index (χ1v) is 7.72. The van der Waals surface area contributed by atoms with Crippen molar-refractivity contribution in [2.45, 2.75) is 38.0 Å². The van der Waals surface area contributed by atoms with Crippen LogP contribution in [0.2, 0.25) is 0 Å². The SMILES string of the molecule is C/C(=C\c1ccco1)[C@H]1CC(=O)Nc2c1c(C1CC1)nn2C. The molecule has 0 radical (unpaired) electrons. The van der Waals surface area contributed by atoms with E-state index in [1.165, 1.54) is 18.4 Å². The lowest BCUT2D eigenvalue weighted by molar-refractivity contribution is -0.116. The van der Waals surface area contributed by atoms with Crippen LogP contribution >= 0.6 is 0 Å². The van der Waals surface area contributed by atoms with Gasteiger partial charge in [-0.15, -0.1) is 0 Å². The smallest absolute Gasteiger partial charge is 0.226 e. The molecule has 0 unspecified atom stereocenters. The molecule has 2 aromatic rings. The highest BCUT2D eigenvalue weighted by Gasteiger charge is 2.38. The molecule has 22 heavy (non-hydrogen) atoms. The number of furan rings is 1. The minimum absolute atomic E-state index is 0.0510. The lowest BCUT2D eigenvalue weighted by Gasteiger charge is -2.24. The Labute approximate surface area is 129 Å². The number of fused-ring (bicyclic) bond motifs is 1. The fraction of sp³-hybridized carbons (Fsp3) is 0.412. The Hall–Kier alpha value is -2.30. The predicted molar refractivity (Wildman–Crippen MR) is 83.5 cm³/mol. The Kier molecular flexibility index (Phi) is 2.96. The predicted octanol–water partition coefficient (Wildman–Crippen LogP) is 3.42. The van der Waals surface area contributed by atoms with Crippen LogP contribution in [0.1, 0.15) is 55.0 Å². The maximum absolute atomic E-state index is 12.1. The molecule has 3 heterocycles. The molecule has 1 N–H and O–H groups in total. The zero-order valence-corrected chi connectivity index (χ0v) is 12.8. The van der Waals surface area contributed by atoms with Gasteiger partial charge in [0.1, 0.15) is 11.6 Å². The van der Waals surface area contributed by atoms with Crippen molar-refractivity contribution in [2.24, 2.45) is 7.05 Å². The van der Waals surface area contributed by atoms with Gasteiger partial charge in [-0.2, -0.15) is 5.10 Å². The van der Waals surface area contributed by atoms with Crippen molar-refractivity contribution in [3.63, 3.8) is 0 Å². The number of hydrogen-bond donors (Lipinski definition) is 1. The molecule has 5 nitrogen and oxygen atoms in total. The molecule has 2 aliphatic rings. The van der Waals surface area contributed by atoms with Crippen molar-refractivity contribution in [1.82, 2.24) is 9.78 Å². The van der Waals surface area contributed by atoms with Crippen LogP contribution in [-0.4, -0.2) is 15.7 Å². The Morgan fingerprint density at radius 2 is 2.32 bits per heavy atom. The Morgan fingerprint density at radius 3 is 3.00 bits per heavy atom. The van der Waals surface area contributed by atoms with Crippen LogP contribution in [-0.2, 0) is 11.8 Å². The topological polar surface area (TPSA) is 60.1 Å². The number of nitrogens with zero attached hydrogens (tertiary/aromatic N) is 2. The second-order valence-electron chi connectivity index (χ2n) is 6.25. The number of nitrogens with one attached hydrogen (secondary N) is 1. The van der Waals surface area contributed by atoms with Crippen molar-refractivity contribution in [3.05, 3.63) is 41.0 Å². The van der Waals surface area contributed by atoms with Crippen LogP contribution in [0.4, 0.5) is 5.82 Å². The van der Waals surface area contributed by atoms with Gasteiger partial charge in [0.05, 0.1) is 12.0 Å². The van der Waals surface area contributed by atoms with E-state index in [2.05, 4.69) is 17.3 Å². The highest BCUT2D eigenvalue weighted by Crippen LogP contribution is 2.48. The molecule has 1 aliphatic carbocycles. The van der Waals surface area contributed by atoms with E-state index < -0.39 is 0 Å². The summed E-state index contributed by atoms with van der Waals surface area (Å²) in [6.45, 7) is 2.07. The summed E-state index contributed by atoms with van der Waals surface area (Å²) < 4.78 is 7.22. The van der Waals surface area contributed by atoms with E-state index in [0.717, 1.165) is 22.8 Å². The third kappa shape index (κ3) is 2.17. The first-order valence-electron chi connectivity index (χ1n) is 7.72. The molecule has 1 aliphatic heterocycles. The zero-order chi connectivity index (χ0) is 15.3. The average Bonchev–Trinajstić information content (AvgIpc) is 3.12. The summed E-state index contributed by atoms with van der Waals surface area (Å²) >= 11 is 0. The summed E-state index contributed by atoms with van der Waals surface area (Å²) in [5.74, 6) is 2.37. The van der Waals surface area contributed by atoms with Crippen molar-refractivity contribution in [2.75, 3.05) is 5.32 Å². The third-order valence-corrected chi connectivity index (χ3v) is 4.54. The summed E-state index contributed by atoms with van der Waals surface area (Å²) in [7, 11) is 1.90. The fourth-order valence-corrected chi connectivity index (χ4v) is 3.27. The molecule has 2 aromatic heterocycles. The minimum Gasteiger partial charge on any atom is -0.465 e. The molecule has 1 atom stereocenters. The van der Waals surface area contributed by atoms with E-state index in [-0.39, 0.29) is 11.8 Å². The van der Waals surface area contributed by atoms with E-state index in [9.17, 15) is 4.79 Å². The van der Waals surface area contributed by atoms with Gasteiger partial charge in [0.25, 0.3) is 0 Å². The van der Waals surface area contributed by atoms with E-state index in [1.54, 1.807) is 6.26 Å². The van der Waals surface area contributed by atoms with Gasteiger partial charge in [0, 0.05) is 30.9 Å². The molecule has 1 amide bonds. The molecule has 114 valence electrons. The fourth-order valence-electron chi connectivity index (χ4n) is 3.27. The standard InChI is InChI=1S/C17H19N3O2/c1-10(8-12-4-3-7-22-12)13-9-14(21)18-17-15(13)16(11-5-6-11)19-20(17)2/h3-4,7-8,11,13H,5-6,9H2,1-2H3,(H,18,21)/b10-8+/t13-/m1/s1. The molecule has 0 spiro atoms. The van der Waals surface area contributed by atoms with Gasteiger partial charge in [-0.05, 0) is 38.0 Å². The van der Waals surface area contributed by atoms with Gasteiger partial charge in [-0.3, -0.25) is 9.48 Å². The normalized spacial score (nSPS) is 21.6. The number of carbonyl (C=O) groups is 1. The van der Waals surface area contributed by atoms with Gasteiger partial charge in [-0.25, -0.2) is 0 Å². The van der Waals surface area contributed by atoms with Gasteiger partial charge < -0.3 is 9.73 Å². The minimum atomic E-state index is 0.0510. The van der Waals surface area contributed by atoms with Gasteiger partial charge >= 0.3 is 0 Å². The monoisotopic (exact) mass is 297 g/mol. The maximum Gasteiger partial charge on any atom is 0.226 e. The van der Waals surface area contributed by atoms with E-state index >= 15 is 0 Å². The van der Waals surface area contributed by atoms with Crippen LogP contribution in [0, 0.1) is 0 Å². The number of anilines is 1. The van der Waals surface area contributed by atoms with Crippen LogP contribution in [0.15, 0.2) is 28.4 Å². The van der Waals surface area contributed by atoms with E-state index in [1.807, 2.05) is 29.9 Å². The first-order chi connectivity index (χ1) is 10.6. The van der Waals surface area contributed by atoms with Crippen LogP contribution < -0.4 is 5.32 Å². The molecular formula is C17H19N3O2. The maximum atomic E-state index is 12.1. The van der Waals surface area contributed by atoms with Gasteiger partial charge in [0.15, 0.2) is 0 Å². The molecule has 0 aromatic carbocycles. The number of hydrogen-bond acceptors (Lipinski definition) is 3. The number of amides is 1. The summed E-state index contributed by atoms with van der Waals surface area (Å²) in [5.41, 5.74) is 3.50. The summed E-state index contributed by atoms with van der Waals surface area (Å²) in [4.78, 5) is 12.1. The quantitative estimate of drug-likeness (QED) is 0.944. The van der Waals surface area contributed by atoms with Crippen LogP contribution in [0.3, 0.4) is 0 Å². The molecule has 0 bridgehead atoms. The second-order valence-corrected chi connectivity index (χ2v) is 6.25. The molecule has 1 fully saturated rings.